The highest BCUT2D eigenvalue weighted by Gasteiger charge is 2.22. The third-order valence-corrected chi connectivity index (χ3v) is 7.33. The first-order chi connectivity index (χ1) is 17.5. The quantitative estimate of drug-likeness (QED) is 0.242. The molecule has 4 aromatic rings. The second-order valence-electron chi connectivity index (χ2n) is 8.88. The molecule has 4 rings (SSSR count). The van der Waals surface area contributed by atoms with E-state index in [-0.39, 0.29) is 24.6 Å². The molecule has 1 aromatic heterocycles. The number of carbonyl (C=O) groups is 1. The molecule has 0 fully saturated rings. The van der Waals surface area contributed by atoms with Gasteiger partial charge in [-0.25, -0.2) is 9.78 Å². The standard InChI is InChI=1S/C29H30ClN3O2S/c1-20(2)33(18-17-25(22-9-5-3-6-10-22)23-11-7-4-8-12-23)29(35)32-28-31-26(27(30)36-28)24-15-13-21(19-34)14-16-24/h3-16,20,25,34H,17-19H2,1-2H3,(H,31,32,35). The van der Waals surface area contributed by atoms with Crippen molar-refractivity contribution in [2.45, 2.75) is 38.8 Å². The molecular weight excluding hydrogens is 490 g/mol. The van der Waals surface area contributed by atoms with Crippen molar-refractivity contribution in [2.24, 2.45) is 0 Å². The number of hydrogen-bond donors (Lipinski definition) is 2. The molecule has 0 saturated heterocycles. The number of nitrogens with zero attached hydrogens (tertiary/aromatic N) is 2. The van der Waals surface area contributed by atoms with Gasteiger partial charge < -0.3 is 10.0 Å². The van der Waals surface area contributed by atoms with Crippen molar-refractivity contribution < 1.29 is 9.90 Å². The van der Waals surface area contributed by atoms with Crippen molar-refractivity contribution in [1.82, 2.24) is 9.88 Å². The molecule has 0 unspecified atom stereocenters. The Bertz CT molecular complexity index is 1220. The average molecular weight is 520 g/mol. The molecule has 3 aromatic carbocycles. The zero-order valence-electron chi connectivity index (χ0n) is 20.4. The number of carbonyl (C=O) groups excluding carboxylic acids is 1. The lowest BCUT2D eigenvalue weighted by Crippen LogP contribution is -2.41. The number of aromatic nitrogens is 1. The zero-order valence-corrected chi connectivity index (χ0v) is 22.0. The molecule has 0 bridgehead atoms. The van der Waals surface area contributed by atoms with Gasteiger partial charge in [-0.15, -0.1) is 0 Å². The fraction of sp³-hybridized carbons (Fsp3) is 0.241. The third-order valence-electron chi connectivity index (χ3n) is 6.16. The zero-order chi connectivity index (χ0) is 25.5. The maximum absolute atomic E-state index is 13.3. The van der Waals surface area contributed by atoms with E-state index in [4.69, 9.17) is 11.6 Å². The molecule has 36 heavy (non-hydrogen) atoms. The summed E-state index contributed by atoms with van der Waals surface area (Å²) in [7, 11) is 0. The third kappa shape index (κ3) is 6.32. The van der Waals surface area contributed by atoms with Gasteiger partial charge in [0.25, 0.3) is 0 Å². The van der Waals surface area contributed by atoms with Gasteiger partial charge in [-0.05, 0) is 37.0 Å². The predicted molar refractivity (Wildman–Crippen MR) is 149 cm³/mol. The van der Waals surface area contributed by atoms with E-state index in [0.29, 0.717) is 21.7 Å². The van der Waals surface area contributed by atoms with E-state index in [0.717, 1.165) is 17.5 Å². The van der Waals surface area contributed by atoms with E-state index in [9.17, 15) is 9.90 Å². The van der Waals surface area contributed by atoms with Crippen molar-refractivity contribution in [1.29, 1.82) is 0 Å². The van der Waals surface area contributed by atoms with Crippen LogP contribution in [0, 0.1) is 0 Å². The number of halogens is 1. The summed E-state index contributed by atoms with van der Waals surface area (Å²) in [5.41, 5.74) is 4.73. The first-order valence-corrected chi connectivity index (χ1v) is 13.2. The summed E-state index contributed by atoms with van der Waals surface area (Å²) in [6.45, 7) is 4.60. The maximum atomic E-state index is 13.3. The average Bonchev–Trinajstić information content (AvgIpc) is 3.27. The number of nitrogens with one attached hydrogen (secondary N) is 1. The Kier molecular flexibility index (Phi) is 8.75. The normalized spacial score (nSPS) is 11.2. The first kappa shape index (κ1) is 25.9. The topological polar surface area (TPSA) is 65.5 Å². The van der Waals surface area contributed by atoms with Crippen LogP contribution in [0.25, 0.3) is 11.3 Å². The number of rotatable bonds is 9. The molecular formula is C29H30ClN3O2S. The molecule has 0 aliphatic carbocycles. The molecule has 0 aliphatic rings. The van der Waals surface area contributed by atoms with Gasteiger partial charge in [0.1, 0.15) is 10.0 Å². The summed E-state index contributed by atoms with van der Waals surface area (Å²) >= 11 is 7.70. The Morgan fingerprint density at radius 1 is 0.972 bits per heavy atom. The Balaban J connectivity index is 1.48. The van der Waals surface area contributed by atoms with Crippen LogP contribution in [-0.2, 0) is 6.61 Å². The molecule has 2 amide bonds. The first-order valence-electron chi connectivity index (χ1n) is 12.0. The van der Waals surface area contributed by atoms with Crippen molar-refractivity contribution in [3.8, 4) is 11.3 Å². The van der Waals surface area contributed by atoms with Gasteiger partial charge in [0.15, 0.2) is 5.13 Å². The fourth-order valence-corrected chi connectivity index (χ4v) is 5.30. The lowest BCUT2D eigenvalue weighted by molar-refractivity contribution is 0.195. The number of amides is 2. The number of thiazole rings is 1. The van der Waals surface area contributed by atoms with Crippen molar-refractivity contribution in [2.75, 3.05) is 11.9 Å². The van der Waals surface area contributed by atoms with E-state index >= 15 is 0 Å². The van der Waals surface area contributed by atoms with E-state index in [1.165, 1.54) is 22.5 Å². The Morgan fingerprint density at radius 3 is 2.08 bits per heavy atom. The molecule has 0 radical (unpaired) electrons. The lowest BCUT2D eigenvalue weighted by atomic mass is 9.88. The summed E-state index contributed by atoms with van der Waals surface area (Å²) in [5, 5.41) is 12.7. The lowest BCUT2D eigenvalue weighted by Gasteiger charge is -2.29. The monoisotopic (exact) mass is 519 g/mol. The largest absolute Gasteiger partial charge is 0.392 e. The minimum Gasteiger partial charge on any atom is -0.392 e. The minimum absolute atomic E-state index is 0.0122. The van der Waals surface area contributed by atoms with Crippen LogP contribution in [0.15, 0.2) is 84.9 Å². The molecule has 5 nitrogen and oxygen atoms in total. The second-order valence-corrected chi connectivity index (χ2v) is 10.5. The van der Waals surface area contributed by atoms with E-state index < -0.39 is 0 Å². The van der Waals surface area contributed by atoms with Crippen LogP contribution in [0.5, 0.6) is 0 Å². The maximum Gasteiger partial charge on any atom is 0.323 e. The number of hydrogen-bond acceptors (Lipinski definition) is 4. The summed E-state index contributed by atoms with van der Waals surface area (Å²) in [6.07, 6.45) is 0.792. The van der Waals surface area contributed by atoms with E-state index in [2.05, 4.69) is 58.8 Å². The molecule has 186 valence electrons. The molecule has 0 aliphatic heterocycles. The predicted octanol–water partition coefficient (Wildman–Crippen LogP) is 7.42. The number of benzene rings is 3. The highest BCUT2D eigenvalue weighted by Crippen LogP contribution is 2.35. The number of aliphatic hydroxyl groups is 1. The molecule has 0 atom stereocenters. The van der Waals surface area contributed by atoms with Crippen LogP contribution in [0.3, 0.4) is 0 Å². The van der Waals surface area contributed by atoms with Crippen LogP contribution in [0.1, 0.15) is 42.9 Å². The van der Waals surface area contributed by atoms with Gasteiger partial charge in [0.2, 0.25) is 0 Å². The van der Waals surface area contributed by atoms with Gasteiger partial charge in [-0.2, -0.15) is 0 Å². The highest BCUT2D eigenvalue weighted by atomic mass is 35.5. The summed E-state index contributed by atoms with van der Waals surface area (Å²) < 4.78 is 0.506. The minimum atomic E-state index is -0.197. The Labute approximate surface area is 221 Å². The van der Waals surface area contributed by atoms with Gasteiger partial charge in [0.05, 0.1) is 6.61 Å². The number of urea groups is 1. The van der Waals surface area contributed by atoms with Crippen molar-refractivity contribution in [3.63, 3.8) is 0 Å². The van der Waals surface area contributed by atoms with Gasteiger partial charge >= 0.3 is 6.03 Å². The van der Waals surface area contributed by atoms with Gasteiger partial charge in [0, 0.05) is 24.1 Å². The van der Waals surface area contributed by atoms with Crippen LogP contribution in [-0.4, -0.2) is 33.6 Å². The molecule has 2 N–H and O–H groups in total. The second kappa shape index (κ2) is 12.2. The van der Waals surface area contributed by atoms with Crippen LogP contribution >= 0.6 is 22.9 Å². The highest BCUT2D eigenvalue weighted by molar-refractivity contribution is 7.20. The smallest absolute Gasteiger partial charge is 0.323 e. The number of anilines is 1. The van der Waals surface area contributed by atoms with Crippen molar-refractivity contribution >= 4 is 34.1 Å². The van der Waals surface area contributed by atoms with Crippen molar-refractivity contribution in [3.05, 3.63) is 106 Å². The summed E-state index contributed by atoms with van der Waals surface area (Å²) in [5.74, 6) is 0.184. The van der Waals surface area contributed by atoms with Crippen LogP contribution in [0.4, 0.5) is 9.93 Å². The van der Waals surface area contributed by atoms with E-state index in [1.807, 2.05) is 55.1 Å². The van der Waals surface area contributed by atoms with Gasteiger partial charge in [-0.1, -0.05) is 108 Å². The molecule has 0 saturated carbocycles. The number of aliphatic hydroxyl groups excluding tert-OH is 1. The summed E-state index contributed by atoms with van der Waals surface area (Å²) in [4.78, 5) is 19.7. The molecule has 1 heterocycles. The van der Waals surface area contributed by atoms with Gasteiger partial charge in [-0.3, -0.25) is 5.32 Å². The SMILES string of the molecule is CC(C)N(CCC(c1ccccc1)c1ccccc1)C(=O)Nc1nc(-c2ccc(CO)cc2)c(Cl)s1. The molecule has 0 spiro atoms. The Morgan fingerprint density at radius 2 is 1.56 bits per heavy atom. The van der Waals surface area contributed by atoms with Crippen LogP contribution in [0.2, 0.25) is 4.34 Å². The van der Waals surface area contributed by atoms with Crippen LogP contribution < -0.4 is 5.32 Å². The molecule has 7 heteroatoms. The fourth-order valence-electron chi connectivity index (χ4n) is 4.22. The summed E-state index contributed by atoms with van der Waals surface area (Å²) in [6, 6.07) is 28.0. The van der Waals surface area contributed by atoms with E-state index in [1.54, 1.807) is 0 Å². The Hall–Kier alpha value is -3.19.